The molecule has 4 heteroatoms. The smallest absolute Gasteiger partial charge is 0.338 e. The molecule has 2 aromatic rings. The third-order valence-corrected chi connectivity index (χ3v) is 5.46. The van der Waals surface area contributed by atoms with E-state index in [1.54, 1.807) is 12.1 Å². The highest BCUT2D eigenvalue weighted by molar-refractivity contribution is 5.89. The van der Waals surface area contributed by atoms with Gasteiger partial charge in [0.05, 0.1) is 5.56 Å². The first kappa shape index (κ1) is 20.6. The van der Waals surface area contributed by atoms with E-state index in [9.17, 15) is 4.79 Å². The number of benzene rings is 2. The van der Waals surface area contributed by atoms with E-state index in [-0.39, 0.29) is 29.8 Å². The van der Waals surface area contributed by atoms with Crippen LogP contribution in [0.3, 0.4) is 0 Å². The van der Waals surface area contributed by atoms with Gasteiger partial charge in [0.2, 0.25) is 0 Å². The number of hydrogen-bond acceptors (Lipinski definition) is 4. The second-order valence-electron chi connectivity index (χ2n) is 8.74. The summed E-state index contributed by atoms with van der Waals surface area (Å²) < 4.78 is 5.63. The van der Waals surface area contributed by atoms with E-state index in [1.165, 1.54) is 6.42 Å². The lowest BCUT2D eigenvalue weighted by atomic mass is 9.82. The van der Waals surface area contributed by atoms with E-state index in [2.05, 4.69) is 32.8 Å². The number of ether oxygens (including phenoxy) is 1. The molecule has 0 spiro atoms. The molecule has 1 fully saturated rings. The van der Waals surface area contributed by atoms with Gasteiger partial charge >= 0.3 is 5.97 Å². The number of nitrogens with zero attached hydrogens (tertiary/aromatic N) is 1. The van der Waals surface area contributed by atoms with Crippen LogP contribution in [-0.4, -0.2) is 28.7 Å². The highest BCUT2D eigenvalue weighted by Crippen LogP contribution is 2.40. The van der Waals surface area contributed by atoms with E-state index in [0.29, 0.717) is 5.56 Å². The number of carbonyl (C=O) groups excluding carboxylic acids is 1. The van der Waals surface area contributed by atoms with Gasteiger partial charge in [-0.05, 0) is 64.7 Å². The molecule has 0 saturated carbocycles. The summed E-state index contributed by atoms with van der Waals surface area (Å²) in [7, 11) is 0. The van der Waals surface area contributed by atoms with Gasteiger partial charge in [0.25, 0.3) is 0 Å². The zero-order chi connectivity index (χ0) is 20.2. The molecule has 0 amide bonds. The van der Waals surface area contributed by atoms with Crippen molar-refractivity contribution in [2.24, 2.45) is 0 Å². The van der Waals surface area contributed by atoms with E-state index in [0.717, 1.165) is 18.4 Å². The average molecular weight is 382 g/mol. The number of hydroxylamine groups is 2. The molecular weight excluding hydrogens is 350 g/mol. The van der Waals surface area contributed by atoms with Crippen molar-refractivity contribution in [1.82, 2.24) is 5.06 Å². The fraction of sp³-hybridized carbons (Fsp3) is 0.458. The molecule has 3 rings (SSSR count). The highest BCUT2D eigenvalue weighted by atomic mass is 16.7. The summed E-state index contributed by atoms with van der Waals surface area (Å²) >= 11 is 0. The maximum absolute atomic E-state index is 12.4. The summed E-state index contributed by atoms with van der Waals surface area (Å²) in [6.07, 6.45) is 2.97. The Morgan fingerprint density at radius 1 is 0.929 bits per heavy atom. The lowest BCUT2D eigenvalue weighted by Crippen LogP contribution is -2.58. The average Bonchev–Trinajstić information content (AvgIpc) is 2.67. The van der Waals surface area contributed by atoms with Gasteiger partial charge in [-0.25, -0.2) is 4.79 Å². The quantitative estimate of drug-likeness (QED) is 0.614. The number of piperidine rings is 1. The van der Waals surface area contributed by atoms with Crippen LogP contribution in [0.2, 0.25) is 0 Å². The molecule has 0 aliphatic carbocycles. The first-order valence-corrected chi connectivity index (χ1v) is 10.0. The predicted octanol–water partition coefficient (Wildman–Crippen LogP) is 5.56. The minimum Gasteiger partial charge on any atom is -0.459 e. The fourth-order valence-corrected chi connectivity index (χ4v) is 4.05. The Morgan fingerprint density at radius 3 is 2.04 bits per heavy atom. The molecule has 0 radical (unpaired) electrons. The molecule has 150 valence electrons. The largest absolute Gasteiger partial charge is 0.459 e. The summed E-state index contributed by atoms with van der Waals surface area (Å²) in [6.45, 7) is 9.02. The Bertz CT molecular complexity index is 755. The number of carbonyl (C=O) groups is 1. The highest BCUT2D eigenvalue weighted by Gasteiger charge is 2.44. The second-order valence-corrected chi connectivity index (χ2v) is 8.74. The molecule has 0 bridgehead atoms. The van der Waals surface area contributed by atoms with Crippen molar-refractivity contribution in [2.75, 3.05) is 6.61 Å². The van der Waals surface area contributed by atoms with Crippen LogP contribution < -0.4 is 0 Å². The monoisotopic (exact) mass is 381 g/mol. The van der Waals surface area contributed by atoms with Crippen LogP contribution >= 0.6 is 0 Å². The van der Waals surface area contributed by atoms with Crippen molar-refractivity contribution < 1.29 is 14.4 Å². The van der Waals surface area contributed by atoms with Gasteiger partial charge < -0.3 is 4.74 Å². The Morgan fingerprint density at radius 2 is 1.46 bits per heavy atom. The standard InChI is InChI=1S/C24H31NO3/c1-23(2)16-11-17-24(3,4)25(23)28-21(19-12-7-5-8-13-19)18-27-22(26)20-14-9-6-10-15-20/h5-10,12-15,21H,11,16-18H2,1-4H3. The molecule has 4 nitrogen and oxygen atoms in total. The maximum Gasteiger partial charge on any atom is 0.338 e. The molecule has 0 N–H and O–H groups in total. The van der Waals surface area contributed by atoms with Crippen LogP contribution in [0, 0.1) is 0 Å². The van der Waals surface area contributed by atoms with E-state index in [1.807, 2.05) is 48.5 Å². The minimum absolute atomic E-state index is 0.0851. The lowest BCUT2D eigenvalue weighted by molar-refractivity contribution is -0.311. The van der Waals surface area contributed by atoms with E-state index in [4.69, 9.17) is 9.57 Å². The fourth-order valence-electron chi connectivity index (χ4n) is 4.05. The first-order chi connectivity index (χ1) is 13.3. The summed E-state index contributed by atoms with van der Waals surface area (Å²) in [5.74, 6) is -0.331. The lowest BCUT2D eigenvalue weighted by Gasteiger charge is -2.52. The van der Waals surface area contributed by atoms with Crippen LogP contribution in [-0.2, 0) is 9.57 Å². The van der Waals surface area contributed by atoms with Gasteiger partial charge in [-0.2, -0.15) is 5.06 Å². The zero-order valence-corrected chi connectivity index (χ0v) is 17.4. The van der Waals surface area contributed by atoms with Crippen LogP contribution in [0.1, 0.15) is 69.0 Å². The molecule has 1 heterocycles. The van der Waals surface area contributed by atoms with Gasteiger partial charge in [-0.3, -0.25) is 4.84 Å². The first-order valence-electron chi connectivity index (χ1n) is 10.0. The normalized spacial score (nSPS) is 19.7. The Balaban J connectivity index is 1.79. The topological polar surface area (TPSA) is 38.8 Å². The number of hydrogen-bond donors (Lipinski definition) is 0. The van der Waals surface area contributed by atoms with Crippen molar-refractivity contribution in [3.63, 3.8) is 0 Å². The van der Waals surface area contributed by atoms with Crippen molar-refractivity contribution in [1.29, 1.82) is 0 Å². The van der Waals surface area contributed by atoms with Crippen LogP contribution in [0.4, 0.5) is 0 Å². The van der Waals surface area contributed by atoms with Gasteiger partial charge in [-0.15, -0.1) is 0 Å². The molecule has 1 saturated heterocycles. The van der Waals surface area contributed by atoms with E-state index >= 15 is 0 Å². The van der Waals surface area contributed by atoms with Crippen molar-refractivity contribution >= 4 is 5.97 Å². The zero-order valence-electron chi connectivity index (χ0n) is 17.4. The van der Waals surface area contributed by atoms with Gasteiger partial charge in [-0.1, -0.05) is 48.5 Å². The molecule has 1 unspecified atom stereocenters. The molecule has 1 aliphatic rings. The van der Waals surface area contributed by atoms with Gasteiger partial charge in [0, 0.05) is 11.1 Å². The Hall–Kier alpha value is -2.17. The molecule has 2 aromatic carbocycles. The minimum atomic E-state index is -0.356. The third-order valence-electron chi connectivity index (χ3n) is 5.46. The van der Waals surface area contributed by atoms with Crippen LogP contribution in [0.25, 0.3) is 0 Å². The third kappa shape index (κ3) is 4.81. The predicted molar refractivity (Wildman–Crippen MR) is 111 cm³/mol. The van der Waals surface area contributed by atoms with Crippen molar-refractivity contribution in [3.05, 3.63) is 71.8 Å². The molecular formula is C24H31NO3. The molecule has 1 atom stereocenters. The van der Waals surface area contributed by atoms with E-state index < -0.39 is 0 Å². The summed E-state index contributed by atoms with van der Waals surface area (Å²) in [6, 6.07) is 19.1. The van der Waals surface area contributed by atoms with Gasteiger partial charge in [0.1, 0.15) is 12.7 Å². The number of esters is 1. The molecule has 1 aliphatic heterocycles. The van der Waals surface area contributed by atoms with Crippen molar-refractivity contribution in [2.45, 2.75) is 64.1 Å². The molecule has 28 heavy (non-hydrogen) atoms. The summed E-state index contributed by atoms with van der Waals surface area (Å²) in [5, 5.41) is 2.12. The Kier molecular flexibility index (Phi) is 6.21. The second kappa shape index (κ2) is 8.46. The summed E-state index contributed by atoms with van der Waals surface area (Å²) in [4.78, 5) is 19.0. The van der Waals surface area contributed by atoms with Gasteiger partial charge in [0.15, 0.2) is 0 Å². The maximum atomic E-state index is 12.4. The SMILES string of the molecule is CC1(C)CCCC(C)(C)N1OC(COC(=O)c1ccccc1)c1ccccc1. The Labute approximate surface area is 168 Å². The van der Waals surface area contributed by atoms with Crippen molar-refractivity contribution in [3.8, 4) is 0 Å². The molecule has 0 aromatic heterocycles. The number of rotatable bonds is 6. The van der Waals surface area contributed by atoms with Crippen LogP contribution in [0.5, 0.6) is 0 Å². The summed E-state index contributed by atoms with van der Waals surface area (Å²) in [5.41, 5.74) is 1.38. The van der Waals surface area contributed by atoms with Crippen LogP contribution in [0.15, 0.2) is 60.7 Å².